The van der Waals surface area contributed by atoms with Crippen LogP contribution >= 0.6 is 0 Å². The fourth-order valence-electron chi connectivity index (χ4n) is 4.13. The van der Waals surface area contributed by atoms with Gasteiger partial charge in [-0.1, -0.05) is 18.2 Å². The minimum Gasteiger partial charge on any atom is -0.598 e. The van der Waals surface area contributed by atoms with Gasteiger partial charge in [-0.3, -0.25) is 9.78 Å². The van der Waals surface area contributed by atoms with Crippen LogP contribution in [0.2, 0.25) is 0 Å². The van der Waals surface area contributed by atoms with E-state index in [1.54, 1.807) is 52.0 Å². The molecule has 2 heterocycles. The molecule has 2 aromatic heterocycles. The van der Waals surface area contributed by atoms with Crippen LogP contribution in [0.3, 0.4) is 0 Å². The first-order valence-electron chi connectivity index (χ1n) is 13.1. The highest BCUT2D eigenvalue weighted by Crippen LogP contribution is 2.39. The summed E-state index contributed by atoms with van der Waals surface area (Å²) in [5.41, 5.74) is 0.819. The number of furan rings is 1. The van der Waals surface area contributed by atoms with Crippen LogP contribution in [0.5, 0.6) is 5.75 Å². The number of alkyl halides is 3. The first kappa shape index (κ1) is 31.3. The van der Waals surface area contributed by atoms with Crippen LogP contribution in [-0.4, -0.2) is 26.9 Å². The molecule has 224 valence electrons. The van der Waals surface area contributed by atoms with E-state index in [1.807, 2.05) is 0 Å². The van der Waals surface area contributed by atoms with E-state index >= 15 is 4.39 Å². The predicted octanol–water partition coefficient (Wildman–Crippen LogP) is 6.89. The Labute approximate surface area is 243 Å². The number of carbonyl (C=O) groups excluding carboxylic acids is 1. The summed E-state index contributed by atoms with van der Waals surface area (Å²) in [7, 11) is 0. The van der Waals surface area contributed by atoms with E-state index in [4.69, 9.17) is 13.9 Å². The molecule has 1 atom stereocenters. The summed E-state index contributed by atoms with van der Waals surface area (Å²) >= 11 is -1.50. The van der Waals surface area contributed by atoms with Crippen LogP contribution in [-0.2, 0) is 46.6 Å². The maximum atomic E-state index is 15.8. The van der Waals surface area contributed by atoms with Gasteiger partial charge in [0.15, 0.2) is 5.82 Å². The Bertz CT molecular complexity index is 1570. The first-order valence-corrected chi connectivity index (χ1v) is 14.2. The molecular weight excluding hydrogens is 576 g/mol. The summed E-state index contributed by atoms with van der Waals surface area (Å²) in [4.78, 5) is 16.1. The Morgan fingerprint density at radius 2 is 1.83 bits per heavy atom. The molecule has 2 aromatic carbocycles. The van der Waals surface area contributed by atoms with Gasteiger partial charge in [-0.25, -0.2) is 4.39 Å². The Hall–Kier alpha value is -3.61. The normalized spacial score (nSPS) is 12.9. The van der Waals surface area contributed by atoms with E-state index in [9.17, 15) is 22.5 Å². The van der Waals surface area contributed by atoms with Crippen molar-refractivity contribution in [3.05, 3.63) is 83.1 Å². The average molecular weight is 607 g/mol. The largest absolute Gasteiger partial charge is 0.598 e. The quantitative estimate of drug-likeness (QED) is 0.119. The Morgan fingerprint density at radius 1 is 1.10 bits per heavy atom. The summed E-state index contributed by atoms with van der Waals surface area (Å²) < 4.78 is 87.2. The minimum absolute atomic E-state index is 0.0238. The average Bonchev–Trinajstić information content (AvgIpc) is 3.36. The SMILES string of the molecule is CCOC(=O)Cc1ccccc1OCc1cc(-c2ccnc(CN[S@+]([O-])C(C)(C)C)c2F)c2oc(C(F)(F)F)cc2c1. The highest BCUT2D eigenvalue weighted by atomic mass is 32.2. The number of hydrogen-bond acceptors (Lipinski definition) is 7. The lowest BCUT2D eigenvalue weighted by atomic mass is 10.00. The number of nitrogens with one attached hydrogen (secondary N) is 1. The maximum absolute atomic E-state index is 15.8. The molecule has 12 heteroatoms. The predicted molar refractivity (Wildman–Crippen MR) is 150 cm³/mol. The maximum Gasteiger partial charge on any atom is 0.449 e. The van der Waals surface area contributed by atoms with Crippen molar-refractivity contribution in [1.29, 1.82) is 0 Å². The lowest BCUT2D eigenvalue weighted by molar-refractivity contribution is -0.152. The number of ether oxygens (including phenoxy) is 2. The zero-order valence-corrected chi connectivity index (χ0v) is 24.2. The Balaban J connectivity index is 1.71. The van der Waals surface area contributed by atoms with Gasteiger partial charge in [0.1, 0.15) is 22.7 Å². The fraction of sp³-hybridized carbons (Fsp3) is 0.333. The van der Waals surface area contributed by atoms with Crippen LogP contribution in [0.4, 0.5) is 17.6 Å². The van der Waals surface area contributed by atoms with Crippen molar-refractivity contribution in [3.63, 3.8) is 0 Å². The van der Waals surface area contributed by atoms with Gasteiger partial charge >= 0.3 is 12.1 Å². The molecule has 7 nitrogen and oxygen atoms in total. The standard InChI is InChI=1S/C30H30F4N2O5S/c1-5-39-26(37)15-19-8-6-7-9-24(19)40-17-18-12-20-14-25(30(32,33)34)41-28(20)22(13-18)21-10-11-35-23(27(21)31)16-36-42(38)29(2,3)4/h6-14,36H,5,15-17H2,1-4H3/t42-/m1/s1. The summed E-state index contributed by atoms with van der Waals surface area (Å²) in [6.45, 7) is 6.93. The molecule has 0 aliphatic rings. The van der Waals surface area contributed by atoms with Gasteiger partial charge in [-0.2, -0.15) is 13.2 Å². The molecule has 0 amide bonds. The lowest BCUT2D eigenvalue weighted by Gasteiger charge is -2.23. The van der Waals surface area contributed by atoms with Crippen molar-refractivity contribution < 1.29 is 40.8 Å². The van der Waals surface area contributed by atoms with E-state index in [0.29, 0.717) is 16.9 Å². The second kappa shape index (κ2) is 12.7. The van der Waals surface area contributed by atoms with Crippen molar-refractivity contribution in [1.82, 2.24) is 9.71 Å². The molecule has 0 spiro atoms. The smallest absolute Gasteiger partial charge is 0.449 e. The summed E-state index contributed by atoms with van der Waals surface area (Å²) in [5, 5.41) is 0.1000. The van der Waals surface area contributed by atoms with Gasteiger partial charge in [0.2, 0.25) is 5.76 Å². The fourth-order valence-corrected chi connectivity index (χ4v) is 4.83. The Kier molecular flexibility index (Phi) is 9.49. The molecule has 0 bridgehead atoms. The van der Waals surface area contributed by atoms with Crippen LogP contribution < -0.4 is 9.46 Å². The van der Waals surface area contributed by atoms with Gasteiger partial charge in [-0.05, 0) is 63.6 Å². The monoisotopic (exact) mass is 606 g/mol. The van der Waals surface area contributed by atoms with E-state index in [0.717, 1.165) is 6.07 Å². The van der Waals surface area contributed by atoms with Crippen molar-refractivity contribution in [2.75, 3.05) is 6.61 Å². The molecule has 42 heavy (non-hydrogen) atoms. The van der Waals surface area contributed by atoms with Gasteiger partial charge in [0.05, 0.1) is 25.3 Å². The van der Waals surface area contributed by atoms with Gasteiger partial charge in [0.25, 0.3) is 0 Å². The number of benzene rings is 2. The molecule has 0 saturated carbocycles. The molecule has 0 aliphatic heterocycles. The topological polar surface area (TPSA) is 96.7 Å². The number of fused-ring (bicyclic) bond motifs is 1. The third-order valence-electron chi connectivity index (χ3n) is 6.14. The molecular formula is C30H30F4N2O5S. The minimum atomic E-state index is -4.76. The Morgan fingerprint density at radius 3 is 2.52 bits per heavy atom. The number of halogens is 4. The zero-order chi connectivity index (χ0) is 30.7. The molecule has 0 aliphatic carbocycles. The second-order valence-electron chi connectivity index (χ2n) is 10.4. The second-order valence-corrected chi connectivity index (χ2v) is 12.4. The number of hydrogen-bond donors (Lipinski definition) is 1. The number of aromatic nitrogens is 1. The van der Waals surface area contributed by atoms with Crippen LogP contribution in [0, 0.1) is 5.82 Å². The van der Waals surface area contributed by atoms with Crippen molar-refractivity contribution in [3.8, 4) is 16.9 Å². The molecule has 0 radical (unpaired) electrons. The molecule has 1 N–H and O–H groups in total. The summed E-state index contributed by atoms with van der Waals surface area (Å²) in [5.74, 6) is -2.06. The molecule has 4 aromatic rings. The molecule has 0 unspecified atom stereocenters. The van der Waals surface area contributed by atoms with Crippen LogP contribution in [0.25, 0.3) is 22.1 Å². The molecule has 4 rings (SSSR count). The lowest BCUT2D eigenvalue weighted by Crippen LogP contribution is -2.39. The number of esters is 1. The van der Waals surface area contributed by atoms with Crippen molar-refractivity contribution >= 4 is 28.3 Å². The molecule has 0 saturated heterocycles. The van der Waals surface area contributed by atoms with Crippen LogP contribution in [0.15, 0.2) is 59.1 Å². The summed E-state index contributed by atoms with van der Waals surface area (Å²) in [6.07, 6.45) is -3.46. The number of rotatable bonds is 10. The van der Waals surface area contributed by atoms with E-state index in [-0.39, 0.29) is 54.0 Å². The van der Waals surface area contributed by atoms with Crippen LogP contribution in [0.1, 0.15) is 50.3 Å². The number of carbonyl (C=O) groups is 1. The van der Waals surface area contributed by atoms with Crippen molar-refractivity contribution in [2.24, 2.45) is 0 Å². The van der Waals surface area contributed by atoms with Gasteiger partial charge in [0, 0.05) is 39.6 Å². The van der Waals surface area contributed by atoms with E-state index in [2.05, 4.69) is 9.71 Å². The third kappa shape index (κ3) is 7.42. The number of para-hydroxylation sites is 1. The number of pyridine rings is 1. The van der Waals surface area contributed by atoms with Gasteiger partial charge < -0.3 is 18.4 Å². The highest BCUT2D eigenvalue weighted by Gasteiger charge is 2.36. The highest BCUT2D eigenvalue weighted by molar-refractivity contribution is 7.90. The van der Waals surface area contributed by atoms with Gasteiger partial charge in [-0.15, -0.1) is 4.72 Å². The first-order chi connectivity index (χ1) is 19.8. The zero-order valence-electron chi connectivity index (χ0n) is 23.4. The summed E-state index contributed by atoms with van der Waals surface area (Å²) in [6, 6.07) is 12.0. The van der Waals surface area contributed by atoms with Crippen molar-refractivity contribution in [2.45, 2.75) is 58.2 Å². The number of nitrogens with zero attached hydrogens (tertiary/aromatic N) is 1. The van der Waals surface area contributed by atoms with E-state index in [1.165, 1.54) is 24.4 Å². The third-order valence-corrected chi connectivity index (χ3v) is 7.66. The van der Waals surface area contributed by atoms with E-state index < -0.39 is 39.8 Å². The molecule has 0 fully saturated rings.